The predicted molar refractivity (Wildman–Crippen MR) is 112 cm³/mol. The monoisotopic (exact) mass is 434 g/mol. The molecule has 3 rings (SSSR count). The first kappa shape index (κ1) is 21.1. The van der Waals surface area contributed by atoms with Crippen molar-refractivity contribution in [3.8, 4) is 5.75 Å². The largest absolute Gasteiger partial charge is 0.506 e. The topological polar surface area (TPSA) is 94.0 Å². The molecule has 7 nitrogen and oxygen atoms in total. The molecule has 0 radical (unpaired) electrons. The molecule has 0 aliphatic carbocycles. The zero-order valence-corrected chi connectivity index (χ0v) is 17.0. The average molecular weight is 435 g/mol. The summed E-state index contributed by atoms with van der Waals surface area (Å²) in [6, 6.07) is 11.9. The summed E-state index contributed by atoms with van der Waals surface area (Å²) in [4.78, 5) is 26.6. The van der Waals surface area contributed by atoms with Crippen molar-refractivity contribution in [3.63, 3.8) is 0 Å². The maximum absolute atomic E-state index is 12.7. The van der Waals surface area contributed by atoms with Gasteiger partial charge in [0, 0.05) is 30.2 Å². The van der Waals surface area contributed by atoms with Crippen LogP contribution >= 0.6 is 23.2 Å². The van der Waals surface area contributed by atoms with Crippen LogP contribution in [0.15, 0.2) is 47.6 Å². The molecule has 2 aromatic rings. The molecular formula is C20H20Cl2N4O3. The number of benzene rings is 2. The van der Waals surface area contributed by atoms with Crippen LogP contribution in [0.25, 0.3) is 0 Å². The fraction of sp³-hybridized carbons (Fsp3) is 0.250. The van der Waals surface area contributed by atoms with E-state index in [-0.39, 0.29) is 28.7 Å². The van der Waals surface area contributed by atoms with Gasteiger partial charge >= 0.3 is 0 Å². The second-order valence-electron chi connectivity index (χ2n) is 6.57. The smallest absolute Gasteiger partial charge is 0.242 e. The molecule has 1 atom stereocenters. The number of phenolic OH excluding ortho intramolecular Hbond substituents is 1. The lowest BCUT2D eigenvalue weighted by atomic mass is 10.1. The lowest BCUT2D eigenvalue weighted by Crippen LogP contribution is -2.55. The van der Waals surface area contributed by atoms with E-state index in [1.165, 1.54) is 18.3 Å². The van der Waals surface area contributed by atoms with Crippen LogP contribution in [0, 0.1) is 0 Å². The number of piperazine rings is 1. The van der Waals surface area contributed by atoms with Crippen molar-refractivity contribution in [2.24, 2.45) is 5.10 Å². The van der Waals surface area contributed by atoms with Crippen LogP contribution in [-0.2, 0) is 16.1 Å². The van der Waals surface area contributed by atoms with Gasteiger partial charge in [0.25, 0.3) is 0 Å². The molecule has 0 spiro atoms. The number of hydrogen-bond acceptors (Lipinski definition) is 5. The summed E-state index contributed by atoms with van der Waals surface area (Å²) in [5, 5.41) is 17.2. The Labute approximate surface area is 178 Å². The molecule has 152 valence electrons. The summed E-state index contributed by atoms with van der Waals surface area (Å²) in [5.74, 6) is -0.741. The number of nitrogens with zero attached hydrogens (tertiary/aromatic N) is 2. The van der Waals surface area contributed by atoms with E-state index in [1.807, 2.05) is 30.3 Å². The van der Waals surface area contributed by atoms with E-state index in [0.717, 1.165) is 5.56 Å². The first-order chi connectivity index (χ1) is 13.9. The van der Waals surface area contributed by atoms with E-state index in [4.69, 9.17) is 23.2 Å². The van der Waals surface area contributed by atoms with E-state index in [0.29, 0.717) is 24.7 Å². The lowest BCUT2D eigenvalue weighted by Gasteiger charge is -2.33. The number of halogens is 2. The quantitative estimate of drug-likeness (QED) is 0.480. The lowest BCUT2D eigenvalue weighted by molar-refractivity contribution is -0.138. The minimum absolute atomic E-state index is 0.0518. The minimum atomic E-state index is -0.614. The van der Waals surface area contributed by atoms with Crippen molar-refractivity contribution in [3.05, 3.63) is 63.6 Å². The van der Waals surface area contributed by atoms with Gasteiger partial charge in [-0.3, -0.25) is 9.59 Å². The van der Waals surface area contributed by atoms with Gasteiger partial charge in [-0.15, -0.1) is 0 Å². The number of nitrogens with one attached hydrogen (secondary N) is 2. The third-order valence-corrected chi connectivity index (χ3v) is 4.94. The summed E-state index contributed by atoms with van der Waals surface area (Å²) in [6.07, 6.45) is 1.19. The molecule has 0 aromatic heterocycles. The van der Waals surface area contributed by atoms with Crippen molar-refractivity contribution < 1.29 is 14.7 Å². The molecular weight excluding hydrogens is 415 g/mol. The van der Waals surface area contributed by atoms with E-state index >= 15 is 0 Å². The number of carbonyl (C=O) groups is 2. The number of phenols is 1. The molecule has 1 aliphatic heterocycles. The zero-order valence-electron chi connectivity index (χ0n) is 15.4. The number of hydrazone groups is 1. The van der Waals surface area contributed by atoms with Crippen molar-refractivity contribution in [2.75, 3.05) is 13.1 Å². The summed E-state index contributed by atoms with van der Waals surface area (Å²) >= 11 is 11.7. The SMILES string of the molecule is O=C(CC1NCCN(Cc2ccccc2)C1=O)NN=Cc1cc(Cl)cc(Cl)c1O. The summed E-state index contributed by atoms with van der Waals surface area (Å²) in [6.45, 7) is 1.69. The van der Waals surface area contributed by atoms with Gasteiger partial charge in [-0.25, -0.2) is 5.43 Å². The Kier molecular flexibility index (Phi) is 7.09. The maximum Gasteiger partial charge on any atom is 0.242 e. The number of rotatable bonds is 6. The van der Waals surface area contributed by atoms with Crippen molar-refractivity contribution in [1.82, 2.24) is 15.6 Å². The maximum atomic E-state index is 12.7. The van der Waals surface area contributed by atoms with Crippen molar-refractivity contribution in [2.45, 2.75) is 19.0 Å². The van der Waals surface area contributed by atoms with Crippen molar-refractivity contribution >= 4 is 41.2 Å². The predicted octanol–water partition coefficient (Wildman–Crippen LogP) is 2.54. The number of hydrogen-bond donors (Lipinski definition) is 3. The number of amides is 2. The van der Waals surface area contributed by atoms with Gasteiger partial charge in [0.15, 0.2) is 0 Å². The van der Waals surface area contributed by atoms with Crippen LogP contribution < -0.4 is 10.7 Å². The van der Waals surface area contributed by atoms with E-state index < -0.39 is 11.9 Å². The molecule has 1 heterocycles. The molecule has 1 aliphatic rings. The third-order valence-electron chi connectivity index (χ3n) is 4.44. The molecule has 29 heavy (non-hydrogen) atoms. The average Bonchev–Trinajstić information content (AvgIpc) is 2.69. The fourth-order valence-corrected chi connectivity index (χ4v) is 3.51. The third kappa shape index (κ3) is 5.69. The molecule has 3 N–H and O–H groups in total. The highest BCUT2D eigenvalue weighted by atomic mass is 35.5. The van der Waals surface area contributed by atoms with E-state index in [9.17, 15) is 14.7 Å². The molecule has 1 saturated heterocycles. The highest BCUT2D eigenvalue weighted by Crippen LogP contribution is 2.29. The second-order valence-corrected chi connectivity index (χ2v) is 7.42. The normalized spacial score (nSPS) is 17.0. The first-order valence-electron chi connectivity index (χ1n) is 9.00. The minimum Gasteiger partial charge on any atom is -0.506 e. The van der Waals surface area contributed by atoms with Crippen LogP contribution in [0.4, 0.5) is 0 Å². The summed E-state index contributed by atoms with van der Waals surface area (Å²) in [5.41, 5.74) is 3.66. The van der Waals surface area contributed by atoms with Gasteiger partial charge in [-0.1, -0.05) is 53.5 Å². The molecule has 2 aromatic carbocycles. The number of carbonyl (C=O) groups excluding carboxylic acids is 2. The zero-order chi connectivity index (χ0) is 20.8. The Morgan fingerprint density at radius 2 is 2.07 bits per heavy atom. The van der Waals surface area contributed by atoms with Gasteiger partial charge in [-0.2, -0.15) is 5.10 Å². The summed E-state index contributed by atoms with van der Waals surface area (Å²) < 4.78 is 0. The van der Waals surface area contributed by atoms with Gasteiger partial charge in [-0.05, 0) is 17.7 Å². The molecule has 0 bridgehead atoms. The highest BCUT2D eigenvalue weighted by Gasteiger charge is 2.30. The van der Waals surface area contributed by atoms with Crippen LogP contribution in [0.5, 0.6) is 5.75 Å². The van der Waals surface area contributed by atoms with Gasteiger partial charge in [0.1, 0.15) is 5.75 Å². The Morgan fingerprint density at radius 3 is 2.83 bits per heavy atom. The highest BCUT2D eigenvalue weighted by molar-refractivity contribution is 6.36. The Balaban J connectivity index is 1.55. The Hall–Kier alpha value is -2.61. The fourth-order valence-electron chi connectivity index (χ4n) is 3.00. The van der Waals surface area contributed by atoms with Gasteiger partial charge in [0.05, 0.1) is 23.7 Å². The first-order valence-corrected chi connectivity index (χ1v) is 9.75. The van der Waals surface area contributed by atoms with Crippen LogP contribution in [-0.4, -0.2) is 47.2 Å². The van der Waals surface area contributed by atoms with Crippen molar-refractivity contribution in [1.29, 1.82) is 0 Å². The Morgan fingerprint density at radius 1 is 1.31 bits per heavy atom. The summed E-state index contributed by atoms with van der Waals surface area (Å²) in [7, 11) is 0. The number of aromatic hydroxyl groups is 1. The molecule has 2 amide bonds. The Bertz CT molecular complexity index is 921. The molecule has 0 saturated carbocycles. The molecule has 9 heteroatoms. The molecule has 1 unspecified atom stereocenters. The molecule has 1 fully saturated rings. The van der Waals surface area contributed by atoms with Gasteiger partial charge < -0.3 is 15.3 Å². The van der Waals surface area contributed by atoms with E-state index in [2.05, 4.69) is 15.8 Å². The van der Waals surface area contributed by atoms with Crippen LogP contribution in [0.2, 0.25) is 10.0 Å². The second kappa shape index (κ2) is 9.73. The van der Waals surface area contributed by atoms with Crippen LogP contribution in [0.3, 0.4) is 0 Å². The standard InChI is InChI=1S/C20H20Cl2N4O3/c21-15-8-14(19(28)16(22)9-15)11-24-25-18(27)10-17-20(29)26(7-6-23-17)12-13-4-2-1-3-5-13/h1-5,8-9,11,17,23,28H,6-7,10,12H2,(H,25,27). The van der Waals surface area contributed by atoms with E-state index in [1.54, 1.807) is 4.90 Å². The van der Waals surface area contributed by atoms with Crippen LogP contribution in [0.1, 0.15) is 17.5 Å². The van der Waals surface area contributed by atoms with Gasteiger partial charge in [0.2, 0.25) is 11.8 Å².